The minimum Gasteiger partial charge on any atom is -0.393 e. The summed E-state index contributed by atoms with van der Waals surface area (Å²) in [6.45, 7) is 18.2. The summed E-state index contributed by atoms with van der Waals surface area (Å²) in [7, 11) is 0. The Hall–Kier alpha value is -0.670. The molecule has 10 atom stereocenters. The number of hydrogen-bond acceptors (Lipinski definition) is 3. The van der Waals surface area contributed by atoms with Crippen molar-refractivity contribution in [3.05, 3.63) is 11.6 Å². The molecule has 4 aliphatic carbocycles. The molecule has 0 aromatic rings. The second-order valence-corrected chi connectivity index (χ2v) is 14.0. The molecule has 33 heavy (non-hydrogen) atoms. The molecule has 0 radical (unpaired) electrons. The maximum atomic E-state index is 14.1. The van der Waals surface area contributed by atoms with Crippen molar-refractivity contribution in [2.45, 2.75) is 119 Å². The van der Waals surface area contributed by atoms with Gasteiger partial charge >= 0.3 is 0 Å². The number of Topliss-reactive ketones (excluding diaryl/α,β-unsaturated/α-hetero) is 1. The maximum absolute atomic E-state index is 14.1. The molecule has 0 aromatic heterocycles. The normalized spacial score (nSPS) is 50.4. The molecule has 4 aliphatic rings. The smallest absolute Gasteiger partial charge is 0.137 e. The lowest BCUT2D eigenvalue weighted by atomic mass is 9.37. The van der Waals surface area contributed by atoms with Crippen molar-refractivity contribution < 1.29 is 15.0 Å². The number of allylic oxidation sites excluding steroid dienone is 2. The van der Waals surface area contributed by atoms with Gasteiger partial charge in [-0.1, -0.05) is 53.2 Å². The van der Waals surface area contributed by atoms with Crippen molar-refractivity contribution in [2.24, 2.45) is 51.2 Å². The number of aliphatic hydroxyl groups is 2. The average Bonchev–Trinajstić information content (AvgIpc) is 3.01. The Labute approximate surface area is 202 Å². The van der Waals surface area contributed by atoms with E-state index in [1.54, 1.807) is 0 Å². The average molecular weight is 459 g/mol. The van der Waals surface area contributed by atoms with E-state index in [1.807, 2.05) is 0 Å². The first-order valence-electron chi connectivity index (χ1n) is 13.7. The van der Waals surface area contributed by atoms with Crippen LogP contribution in [-0.4, -0.2) is 28.2 Å². The van der Waals surface area contributed by atoms with Crippen LogP contribution in [0, 0.1) is 51.2 Å². The van der Waals surface area contributed by atoms with E-state index in [-0.39, 0.29) is 45.5 Å². The van der Waals surface area contributed by atoms with Crippen molar-refractivity contribution in [3.63, 3.8) is 0 Å². The van der Waals surface area contributed by atoms with E-state index in [2.05, 4.69) is 61.5 Å². The molecule has 4 saturated carbocycles. The molecule has 0 saturated heterocycles. The van der Waals surface area contributed by atoms with E-state index >= 15 is 0 Å². The first kappa shape index (κ1) is 25.4. The van der Waals surface area contributed by atoms with Gasteiger partial charge in [0.2, 0.25) is 0 Å². The van der Waals surface area contributed by atoms with Crippen LogP contribution in [0.2, 0.25) is 0 Å². The third-order valence-electron chi connectivity index (χ3n) is 12.4. The Kier molecular flexibility index (Phi) is 6.31. The molecule has 0 spiro atoms. The summed E-state index contributed by atoms with van der Waals surface area (Å²) in [4.78, 5) is 14.1. The highest BCUT2D eigenvalue weighted by Gasteiger charge is 2.71. The third kappa shape index (κ3) is 3.45. The second-order valence-electron chi connectivity index (χ2n) is 14.0. The van der Waals surface area contributed by atoms with Gasteiger partial charge in [-0.15, -0.1) is 0 Å². The molecule has 3 heteroatoms. The predicted molar refractivity (Wildman–Crippen MR) is 135 cm³/mol. The fourth-order valence-corrected chi connectivity index (χ4v) is 9.95. The summed E-state index contributed by atoms with van der Waals surface area (Å²) < 4.78 is 0. The Morgan fingerprint density at radius 3 is 2.39 bits per heavy atom. The summed E-state index contributed by atoms with van der Waals surface area (Å²) in [5.74, 6) is 1.69. The molecular formula is C30H50O3. The molecule has 0 amide bonds. The first-order chi connectivity index (χ1) is 15.2. The van der Waals surface area contributed by atoms with Crippen molar-refractivity contribution in [3.8, 4) is 0 Å². The second kappa shape index (κ2) is 8.19. The summed E-state index contributed by atoms with van der Waals surface area (Å²) in [5, 5.41) is 22.5. The minimum atomic E-state index is -0.453. The van der Waals surface area contributed by atoms with Crippen LogP contribution in [-0.2, 0) is 4.79 Å². The van der Waals surface area contributed by atoms with E-state index in [9.17, 15) is 15.0 Å². The standard InChI is InChI=1S/C30H50O3/c1-9-18(2)10-11-19(3)20-12-15-29(7)26-21(31)16-23-27(4,5)24(33)13-14-28(23,6)25(26)22(32)17-30(20,29)8/h9,19-21,23-26,31,33H,10-17H2,1-8H3/b18-9+/t19-,20-,21+,23+,24?,25+,26-,28+,29+,30-/m1/s1. The van der Waals surface area contributed by atoms with Gasteiger partial charge in [-0.05, 0) is 98.2 Å². The van der Waals surface area contributed by atoms with Gasteiger partial charge in [0.1, 0.15) is 5.78 Å². The van der Waals surface area contributed by atoms with Gasteiger partial charge in [0.05, 0.1) is 12.2 Å². The summed E-state index contributed by atoms with van der Waals surface area (Å²) in [6.07, 6.45) is 9.10. The Balaban J connectivity index is 1.69. The lowest BCUT2D eigenvalue weighted by molar-refractivity contribution is -0.227. The SMILES string of the molecule is C/C=C(\C)CC[C@@H](C)[C@H]1CC[C@@]2(C)[C@@H]3[C@@H](O)C[C@H]4C(C)(C)C(O)CC[C@]4(C)[C@H]3C(=O)C[C@]12C. The quantitative estimate of drug-likeness (QED) is 0.469. The third-order valence-corrected chi connectivity index (χ3v) is 12.4. The van der Waals surface area contributed by atoms with Crippen molar-refractivity contribution in [2.75, 3.05) is 0 Å². The fraction of sp³-hybridized carbons (Fsp3) is 0.900. The summed E-state index contributed by atoms with van der Waals surface area (Å²) >= 11 is 0. The molecule has 4 fully saturated rings. The summed E-state index contributed by atoms with van der Waals surface area (Å²) in [6, 6.07) is 0. The van der Waals surface area contributed by atoms with Crippen LogP contribution in [0.25, 0.3) is 0 Å². The highest BCUT2D eigenvalue weighted by molar-refractivity contribution is 5.85. The van der Waals surface area contributed by atoms with Crippen molar-refractivity contribution in [1.82, 2.24) is 0 Å². The summed E-state index contributed by atoms with van der Waals surface area (Å²) in [5.41, 5.74) is 1.02. The van der Waals surface area contributed by atoms with Gasteiger partial charge in [0, 0.05) is 18.3 Å². The van der Waals surface area contributed by atoms with Gasteiger partial charge in [0.15, 0.2) is 0 Å². The van der Waals surface area contributed by atoms with Crippen LogP contribution in [0.1, 0.15) is 107 Å². The predicted octanol–water partition coefficient (Wildman–Crippen LogP) is 6.56. The number of ketones is 1. The van der Waals surface area contributed by atoms with E-state index in [1.165, 1.54) is 18.4 Å². The fourth-order valence-electron chi connectivity index (χ4n) is 9.95. The van der Waals surface area contributed by atoms with E-state index in [0.29, 0.717) is 24.0 Å². The van der Waals surface area contributed by atoms with E-state index < -0.39 is 6.10 Å². The molecule has 0 aliphatic heterocycles. The first-order valence-corrected chi connectivity index (χ1v) is 13.7. The van der Waals surface area contributed by atoms with Crippen LogP contribution in [0.3, 0.4) is 0 Å². The zero-order valence-corrected chi connectivity index (χ0v) is 22.6. The number of rotatable bonds is 4. The topological polar surface area (TPSA) is 57.5 Å². The van der Waals surface area contributed by atoms with Gasteiger partial charge in [0.25, 0.3) is 0 Å². The van der Waals surface area contributed by atoms with Crippen molar-refractivity contribution in [1.29, 1.82) is 0 Å². The molecule has 4 rings (SSSR count). The maximum Gasteiger partial charge on any atom is 0.137 e. The Morgan fingerprint density at radius 2 is 1.76 bits per heavy atom. The zero-order chi connectivity index (χ0) is 24.6. The lowest BCUT2D eigenvalue weighted by Gasteiger charge is -2.67. The van der Waals surface area contributed by atoms with Crippen molar-refractivity contribution >= 4 is 5.78 Å². The molecule has 188 valence electrons. The molecule has 1 unspecified atom stereocenters. The van der Waals surface area contributed by atoms with Crippen LogP contribution < -0.4 is 0 Å². The number of carbonyl (C=O) groups excluding carboxylic acids is 1. The zero-order valence-electron chi connectivity index (χ0n) is 22.6. The number of fused-ring (bicyclic) bond motifs is 5. The number of hydrogen-bond donors (Lipinski definition) is 2. The van der Waals surface area contributed by atoms with Crippen LogP contribution >= 0.6 is 0 Å². The molecule has 2 N–H and O–H groups in total. The molecule has 0 bridgehead atoms. The minimum absolute atomic E-state index is 0.00620. The Bertz CT molecular complexity index is 813. The van der Waals surface area contributed by atoms with E-state index in [0.717, 1.165) is 32.1 Å². The molecular weight excluding hydrogens is 408 g/mol. The van der Waals surface area contributed by atoms with Gasteiger partial charge in [-0.3, -0.25) is 4.79 Å². The lowest BCUT2D eigenvalue weighted by Crippen LogP contribution is -2.67. The van der Waals surface area contributed by atoms with E-state index in [4.69, 9.17) is 0 Å². The van der Waals surface area contributed by atoms with Crippen LogP contribution in [0.5, 0.6) is 0 Å². The molecule has 0 aromatic carbocycles. The number of carbonyl (C=O) groups is 1. The monoisotopic (exact) mass is 458 g/mol. The van der Waals surface area contributed by atoms with Crippen LogP contribution in [0.4, 0.5) is 0 Å². The molecule has 3 nitrogen and oxygen atoms in total. The molecule has 0 heterocycles. The van der Waals surface area contributed by atoms with Gasteiger partial charge in [-0.25, -0.2) is 0 Å². The number of aliphatic hydroxyl groups excluding tert-OH is 2. The van der Waals surface area contributed by atoms with Gasteiger partial charge < -0.3 is 10.2 Å². The largest absolute Gasteiger partial charge is 0.393 e. The highest BCUT2D eigenvalue weighted by Crippen LogP contribution is 2.73. The Morgan fingerprint density at radius 1 is 1.09 bits per heavy atom. The highest BCUT2D eigenvalue weighted by atomic mass is 16.3. The van der Waals surface area contributed by atoms with Gasteiger partial charge in [-0.2, -0.15) is 0 Å². The van der Waals surface area contributed by atoms with Crippen LogP contribution in [0.15, 0.2) is 11.6 Å².